The molecule has 1 aliphatic rings. The van der Waals surface area contributed by atoms with E-state index in [1.165, 1.54) is 24.4 Å². The summed E-state index contributed by atoms with van der Waals surface area (Å²) < 4.78 is 0. The zero-order chi connectivity index (χ0) is 6.27. The second-order valence-electron chi connectivity index (χ2n) is 2.73. The molecule has 0 amide bonds. The minimum absolute atomic E-state index is 0.763. The number of aryl methyl sites for hydroxylation is 1. The minimum Gasteiger partial charge on any atom is -0.346 e. The van der Waals surface area contributed by atoms with Crippen molar-refractivity contribution >= 4 is 0 Å². The van der Waals surface area contributed by atoms with E-state index in [1.807, 2.05) is 13.1 Å². The van der Waals surface area contributed by atoms with Gasteiger partial charge in [-0.25, -0.2) is 4.98 Å². The van der Waals surface area contributed by atoms with Crippen molar-refractivity contribution in [3.63, 3.8) is 0 Å². The van der Waals surface area contributed by atoms with E-state index in [1.54, 1.807) is 0 Å². The molecule has 9 heavy (non-hydrogen) atoms. The first-order valence-corrected chi connectivity index (χ1v) is 3.38. The number of rotatable bonds is 1. The number of aromatic nitrogens is 2. The number of nitrogens with one attached hydrogen (secondary N) is 1. The van der Waals surface area contributed by atoms with E-state index in [9.17, 15) is 0 Å². The Labute approximate surface area is 54.3 Å². The Morgan fingerprint density at radius 2 is 2.44 bits per heavy atom. The smallest absolute Gasteiger partial charge is 0.109 e. The van der Waals surface area contributed by atoms with Gasteiger partial charge in [0.2, 0.25) is 0 Å². The molecule has 1 heterocycles. The molecule has 0 radical (unpaired) electrons. The van der Waals surface area contributed by atoms with Gasteiger partial charge in [0.25, 0.3) is 0 Å². The summed E-state index contributed by atoms with van der Waals surface area (Å²) in [4.78, 5) is 7.45. The van der Waals surface area contributed by atoms with Gasteiger partial charge in [-0.05, 0) is 19.8 Å². The fourth-order valence-electron chi connectivity index (χ4n) is 0.997. The summed E-state index contributed by atoms with van der Waals surface area (Å²) in [7, 11) is 0. The van der Waals surface area contributed by atoms with Crippen LogP contribution in [0.1, 0.15) is 30.3 Å². The molecule has 48 valence electrons. The highest BCUT2D eigenvalue weighted by atomic mass is 14.9. The zero-order valence-electron chi connectivity index (χ0n) is 5.52. The summed E-state index contributed by atoms with van der Waals surface area (Å²) >= 11 is 0. The Morgan fingerprint density at radius 3 is 2.89 bits per heavy atom. The van der Waals surface area contributed by atoms with Gasteiger partial charge >= 0.3 is 0 Å². The molecule has 1 aromatic heterocycles. The maximum absolute atomic E-state index is 4.22. The number of aromatic amines is 1. The maximum atomic E-state index is 4.22. The Kier molecular flexibility index (Phi) is 0.891. The van der Waals surface area contributed by atoms with Crippen molar-refractivity contribution < 1.29 is 0 Å². The third-order valence-corrected chi connectivity index (χ3v) is 1.69. The average molecular weight is 122 g/mol. The Hall–Kier alpha value is -0.790. The quantitative estimate of drug-likeness (QED) is 0.602. The van der Waals surface area contributed by atoms with Crippen LogP contribution in [-0.2, 0) is 0 Å². The normalized spacial score (nSPS) is 18.3. The molecular formula is C7H10N2. The molecule has 2 rings (SSSR count). The van der Waals surface area contributed by atoms with Crippen molar-refractivity contribution in [2.45, 2.75) is 25.7 Å². The molecule has 0 atom stereocenters. The highest BCUT2D eigenvalue weighted by molar-refractivity contribution is 5.08. The van der Waals surface area contributed by atoms with Crippen LogP contribution in [0.15, 0.2) is 6.20 Å². The zero-order valence-corrected chi connectivity index (χ0v) is 5.52. The van der Waals surface area contributed by atoms with E-state index in [0.29, 0.717) is 0 Å². The molecule has 0 aromatic carbocycles. The van der Waals surface area contributed by atoms with Gasteiger partial charge in [-0.15, -0.1) is 0 Å². The van der Waals surface area contributed by atoms with Crippen molar-refractivity contribution in [3.05, 3.63) is 17.7 Å². The van der Waals surface area contributed by atoms with Crippen molar-refractivity contribution in [2.24, 2.45) is 0 Å². The van der Waals surface area contributed by atoms with Crippen LogP contribution in [0.3, 0.4) is 0 Å². The number of nitrogens with zero attached hydrogens (tertiary/aromatic N) is 1. The lowest BCUT2D eigenvalue weighted by molar-refractivity contribution is 0.968. The van der Waals surface area contributed by atoms with Crippen LogP contribution in [0.5, 0.6) is 0 Å². The molecular weight excluding hydrogens is 112 g/mol. The molecule has 0 aliphatic heterocycles. The Bertz CT molecular complexity index is 210. The summed E-state index contributed by atoms with van der Waals surface area (Å²) in [6.07, 6.45) is 4.55. The standard InChI is InChI=1S/C7H10N2/c1-5-4-8-7(9-5)6-2-3-6/h4,6H,2-3H2,1H3,(H,8,9). The highest BCUT2D eigenvalue weighted by Crippen LogP contribution is 2.37. The van der Waals surface area contributed by atoms with Gasteiger partial charge in [0.05, 0.1) is 0 Å². The van der Waals surface area contributed by atoms with Crippen molar-refractivity contribution in [1.82, 2.24) is 9.97 Å². The molecule has 1 saturated carbocycles. The second kappa shape index (κ2) is 1.59. The lowest BCUT2D eigenvalue weighted by atomic mass is 10.4. The summed E-state index contributed by atoms with van der Waals surface area (Å²) in [5, 5.41) is 0. The predicted molar refractivity (Wildman–Crippen MR) is 35.3 cm³/mol. The third-order valence-electron chi connectivity index (χ3n) is 1.69. The lowest BCUT2D eigenvalue weighted by Crippen LogP contribution is -1.80. The van der Waals surface area contributed by atoms with Gasteiger partial charge in [-0.1, -0.05) is 0 Å². The van der Waals surface area contributed by atoms with Crippen LogP contribution in [-0.4, -0.2) is 9.97 Å². The van der Waals surface area contributed by atoms with Gasteiger partial charge in [0.15, 0.2) is 0 Å². The van der Waals surface area contributed by atoms with Gasteiger partial charge in [0.1, 0.15) is 5.82 Å². The first-order valence-electron chi connectivity index (χ1n) is 3.38. The molecule has 1 fully saturated rings. The minimum atomic E-state index is 0.763. The third kappa shape index (κ3) is 0.846. The van der Waals surface area contributed by atoms with E-state index < -0.39 is 0 Å². The summed E-state index contributed by atoms with van der Waals surface area (Å²) in [6.45, 7) is 2.04. The molecule has 2 nitrogen and oxygen atoms in total. The monoisotopic (exact) mass is 122 g/mol. The average Bonchev–Trinajstić information content (AvgIpc) is 2.58. The Morgan fingerprint density at radius 1 is 1.67 bits per heavy atom. The number of imidazole rings is 1. The first-order chi connectivity index (χ1) is 4.36. The maximum Gasteiger partial charge on any atom is 0.109 e. The van der Waals surface area contributed by atoms with Crippen LogP contribution >= 0.6 is 0 Å². The predicted octanol–water partition coefficient (Wildman–Crippen LogP) is 1.60. The van der Waals surface area contributed by atoms with Gasteiger partial charge in [-0.3, -0.25) is 0 Å². The molecule has 1 aliphatic carbocycles. The summed E-state index contributed by atoms with van der Waals surface area (Å²) in [5.41, 5.74) is 1.18. The van der Waals surface area contributed by atoms with Crippen molar-refractivity contribution in [2.75, 3.05) is 0 Å². The van der Waals surface area contributed by atoms with E-state index >= 15 is 0 Å². The van der Waals surface area contributed by atoms with Crippen LogP contribution in [0, 0.1) is 6.92 Å². The number of hydrogen-bond acceptors (Lipinski definition) is 1. The Balaban J connectivity index is 2.28. The second-order valence-corrected chi connectivity index (χ2v) is 2.73. The fourth-order valence-corrected chi connectivity index (χ4v) is 0.997. The first kappa shape index (κ1) is 5.03. The van der Waals surface area contributed by atoms with Crippen molar-refractivity contribution in [3.8, 4) is 0 Å². The lowest BCUT2D eigenvalue weighted by Gasteiger charge is -1.84. The van der Waals surface area contributed by atoms with Gasteiger partial charge in [-0.2, -0.15) is 0 Å². The highest BCUT2D eigenvalue weighted by Gasteiger charge is 2.25. The molecule has 0 bridgehead atoms. The number of H-pyrrole nitrogens is 1. The summed E-state index contributed by atoms with van der Waals surface area (Å²) in [5.74, 6) is 1.95. The van der Waals surface area contributed by atoms with Crippen molar-refractivity contribution in [1.29, 1.82) is 0 Å². The molecule has 1 N–H and O–H groups in total. The molecule has 0 saturated heterocycles. The van der Waals surface area contributed by atoms with Crippen LogP contribution in [0.4, 0.5) is 0 Å². The largest absolute Gasteiger partial charge is 0.346 e. The summed E-state index contributed by atoms with van der Waals surface area (Å²) in [6, 6.07) is 0. The van der Waals surface area contributed by atoms with E-state index in [-0.39, 0.29) is 0 Å². The van der Waals surface area contributed by atoms with E-state index in [4.69, 9.17) is 0 Å². The van der Waals surface area contributed by atoms with E-state index in [2.05, 4.69) is 9.97 Å². The topological polar surface area (TPSA) is 28.7 Å². The fraction of sp³-hybridized carbons (Fsp3) is 0.571. The molecule has 0 spiro atoms. The van der Waals surface area contributed by atoms with Gasteiger partial charge in [0, 0.05) is 17.8 Å². The van der Waals surface area contributed by atoms with Crippen LogP contribution in [0.2, 0.25) is 0 Å². The van der Waals surface area contributed by atoms with Crippen LogP contribution in [0.25, 0.3) is 0 Å². The number of hydrogen-bond donors (Lipinski definition) is 1. The van der Waals surface area contributed by atoms with Crippen LogP contribution < -0.4 is 0 Å². The molecule has 0 unspecified atom stereocenters. The SMILES string of the molecule is Cc1cnc(C2CC2)[nH]1. The molecule has 1 aromatic rings. The molecule has 2 heteroatoms. The van der Waals surface area contributed by atoms with E-state index in [0.717, 1.165) is 5.92 Å². The van der Waals surface area contributed by atoms with Gasteiger partial charge < -0.3 is 4.98 Å².